The van der Waals surface area contributed by atoms with Crippen LogP contribution in [0.4, 0.5) is 0 Å². The van der Waals surface area contributed by atoms with Gasteiger partial charge in [0, 0.05) is 24.7 Å². The molecule has 0 aliphatic rings. The van der Waals surface area contributed by atoms with Crippen LogP contribution in [0.2, 0.25) is 0 Å². The number of furan rings is 1. The van der Waals surface area contributed by atoms with Gasteiger partial charge < -0.3 is 9.73 Å². The number of hydrogen-bond acceptors (Lipinski definition) is 3. The highest BCUT2D eigenvalue weighted by atomic mass is 16.3. The number of nitrogens with one attached hydrogen (secondary N) is 1. The standard InChI is InChI=1S/C20H23N3O2/c1-14-18(15(2)23(3)22-14)10-12-20(24)21-13-17-9-11-19(25-17)16-7-5-4-6-8-16/h4-9,11H,10,12-13H2,1-3H3,(H,21,24). The first-order chi connectivity index (χ1) is 12.0. The monoisotopic (exact) mass is 337 g/mol. The second-order valence-corrected chi connectivity index (χ2v) is 6.18. The third kappa shape index (κ3) is 3.99. The SMILES string of the molecule is Cc1nn(C)c(C)c1CCC(=O)NCc1ccc(-c2ccccc2)o1. The van der Waals surface area contributed by atoms with E-state index in [1.165, 1.54) is 0 Å². The summed E-state index contributed by atoms with van der Waals surface area (Å²) in [6, 6.07) is 13.7. The minimum absolute atomic E-state index is 0.0142. The maximum Gasteiger partial charge on any atom is 0.220 e. The molecule has 0 atom stereocenters. The Morgan fingerprint density at radius 2 is 1.92 bits per heavy atom. The number of benzene rings is 1. The fraction of sp³-hybridized carbons (Fsp3) is 0.300. The van der Waals surface area contributed by atoms with Crippen molar-refractivity contribution in [3.8, 4) is 11.3 Å². The van der Waals surface area contributed by atoms with Crippen LogP contribution in [0.25, 0.3) is 11.3 Å². The molecule has 5 heteroatoms. The molecule has 0 bridgehead atoms. The Bertz CT molecular complexity index is 862. The van der Waals surface area contributed by atoms with Crippen LogP contribution in [0.15, 0.2) is 46.9 Å². The molecule has 2 aromatic heterocycles. The van der Waals surface area contributed by atoms with E-state index >= 15 is 0 Å². The van der Waals surface area contributed by atoms with Crippen molar-refractivity contribution in [1.82, 2.24) is 15.1 Å². The van der Waals surface area contributed by atoms with Crippen LogP contribution in [-0.4, -0.2) is 15.7 Å². The maximum absolute atomic E-state index is 12.1. The van der Waals surface area contributed by atoms with Crippen molar-refractivity contribution in [3.05, 3.63) is 65.2 Å². The van der Waals surface area contributed by atoms with Crippen molar-refractivity contribution in [3.63, 3.8) is 0 Å². The molecule has 1 N–H and O–H groups in total. The molecule has 2 heterocycles. The highest BCUT2D eigenvalue weighted by Crippen LogP contribution is 2.21. The molecule has 1 aromatic carbocycles. The molecule has 0 unspecified atom stereocenters. The van der Waals surface area contributed by atoms with E-state index in [-0.39, 0.29) is 5.91 Å². The quantitative estimate of drug-likeness (QED) is 0.748. The third-order valence-corrected chi connectivity index (χ3v) is 4.44. The number of nitrogens with zero attached hydrogens (tertiary/aromatic N) is 2. The molecular weight excluding hydrogens is 314 g/mol. The molecular formula is C20H23N3O2. The number of hydrogen-bond donors (Lipinski definition) is 1. The lowest BCUT2D eigenvalue weighted by molar-refractivity contribution is -0.121. The Kier molecular flexibility index (Phi) is 5.03. The Morgan fingerprint density at radius 1 is 1.16 bits per heavy atom. The lowest BCUT2D eigenvalue weighted by Crippen LogP contribution is -2.22. The van der Waals surface area contributed by atoms with Crippen LogP contribution in [-0.2, 0) is 24.8 Å². The summed E-state index contributed by atoms with van der Waals surface area (Å²) in [7, 11) is 1.92. The summed E-state index contributed by atoms with van der Waals surface area (Å²) in [5, 5.41) is 7.30. The highest BCUT2D eigenvalue weighted by molar-refractivity contribution is 5.76. The van der Waals surface area contributed by atoms with Gasteiger partial charge in [0.05, 0.1) is 12.2 Å². The second-order valence-electron chi connectivity index (χ2n) is 6.18. The largest absolute Gasteiger partial charge is 0.459 e. The Balaban J connectivity index is 1.52. The summed E-state index contributed by atoms with van der Waals surface area (Å²) in [5.41, 5.74) is 4.29. The molecule has 0 radical (unpaired) electrons. The van der Waals surface area contributed by atoms with Gasteiger partial charge in [0.25, 0.3) is 0 Å². The summed E-state index contributed by atoms with van der Waals surface area (Å²) >= 11 is 0. The van der Waals surface area contributed by atoms with Gasteiger partial charge in [-0.25, -0.2) is 0 Å². The van der Waals surface area contributed by atoms with E-state index in [1.807, 2.05) is 68.0 Å². The summed E-state index contributed by atoms with van der Waals surface area (Å²) in [5.74, 6) is 1.58. The zero-order chi connectivity index (χ0) is 17.8. The van der Waals surface area contributed by atoms with E-state index in [1.54, 1.807) is 0 Å². The number of carbonyl (C=O) groups excluding carboxylic acids is 1. The summed E-state index contributed by atoms with van der Waals surface area (Å²) in [6.07, 6.45) is 1.14. The first-order valence-corrected chi connectivity index (χ1v) is 8.44. The lowest BCUT2D eigenvalue weighted by atomic mass is 10.1. The lowest BCUT2D eigenvalue weighted by Gasteiger charge is -2.04. The van der Waals surface area contributed by atoms with Crippen LogP contribution in [0.3, 0.4) is 0 Å². The van der Waals surface area contributed by atoms with Crippen molar-refractivity contribution in [1.29, 1.82) is 0 Å². The molecule has 0 aliphatic heterocycles. The average Bonchev–Trinajstić information content (AvgIpc) is 3.18. The molecule has 0 saturated carbocycles. The van der Waals surface area contributed by atoms with Gasteiger partial charge in [0.15, 0.2) is 0 Å². The first kappa shape index (κ1) is 17.0. The molecule has 0 saturated heterocycles. The van der Waals surface area contributed by atoms with Crippen LogP contribution < -0.4 is 5.32 Å². The van der Waals surface area contributed by atoms with E-state index in [0.29, 0.717) is 19.4 Å². The minimum atomic E-state index is 0.0142. The van der Waals surface area contributed by atoms with Gasteiger partial charge in [-0.2, -0.15) is 5.10 Å². The van der Waals surface area contributed by atoms with E-state index in [2.05, 4.69) is 10.4 Å². The summed E-state index contributed by atoms with van der Waals surface area (Å²) < 4.78 is 7.65. The van der Waals surface area contributed by atoms with Crippen LogP contribution in [0.5, 0.6) is 0 Å². The summed E-state index contributed by atoms with van der Waals surface area (Å²) in [4.78, 5) is 12.1. The van der Waals surface area contributed by atoms with E-state index in [9.17, 15) is 4.79 Å². The Hall–Kier alpha value is -2.82. The van der Waals surface area contributed by atoms with Gasteiger partial charge >= 0.3 is 0 Å². The van der Waals surface area contributed by atoms with Crippen molar-refractivity contribution in [2.75, 3.05) is 0 Å². The Labute approximate surface area is 147 Å². The van der Waals surface area contributed by atoms with Gasteiger partial charge in [-0.15, -0.1) is 0 Å². The third-order valence-electron chi connectivity index (χ3n) is 4.44. The summed E-state index contributed by atoms with van der Waals surface area (Å²) in [6.45, 7) is 4.41. The van der Waals surface area contributed by atoms with Gasteiger partial charge in [-0.3, -0.25) is 9.48 Å². The number of rotatable bonds is 6. The topological polar surface area (TPSA) is 60.1 Å². The van der Waals surface area contributed by atoms with Gasteiger partial charge in [0.2, 0.25) is 5.91 Å². The van der Waals surface area contributed by atoms with Crippen molar-refractivity contribution in [2.24, 2.45) is 7.05 Å². The van der Waals surface area contributed by atoms with Crippen molar-refractivity contribution in [2.45, 2.75) is 33.2 Å². The average molecular weight is 337 g/mol. The van der Waals surface area contributed by atoms with E-state index < -0.39 is 0 Å². The normalized spacial score (nSPS) is 10.8. The van der Waals surface area contributed by atoms with E-state index in [4.69, 9.17) is 4.42 Å². The number of carbonyl (C=O) groups is 1. The molecule has 3 aromatic rings. The van der Waals surface area contributed by atoms with Gasteiger partial charge in [-0.1, -0.05) is 30.3 Å². The second kappa shape index (κ2) is 7.38. The van der Waals surface area contributed by atoms with Crippen LogP contribution in [0.1, 0.15) is 29.1 Å². The first-order valence-electron chi connectivity index (χ1n) is 8.44. The van der Waals surface area contributed by atoms with Crippen LogP contribution >= 0.6 is 0 Å². The molecule has 25 heavy (non-hydrogen) atoms. The molecule has 1 amide bonds. The minimum Gasteiger partial charge on any atom is -0.459 e. The number of aryl methyl sites for hydroxylation is 2. The zero-order valence-corrected chi connectivity index (χ0v) is 14.9. The van der Waals surface area contributed by atoms with Crippen molar-refractivity contribution >= 4 is 5.91 Å². The van der Waals surface area contributed by atoms with Crippen molar-refractivity contribution < 1.29 is 9.21 Å². The maximum atomic E-state index is 12.1. The Morgan fingerprint density at radius 3 is 2.60 bits per heavy atom. The highest BCUT2D eigenvalue weighted by Gasteiger charge is 2.12. The molecule has 0 fully saturated rings. The number of aromatic nitrogens is 2. The fourth-order valence-corrected chi connectivity index (χ4v) is 2.92. The van der Waals surface area contributed by atoms with Crippen LogP contribution in [0, 0.1) is 13.8 Å². The molecule has 5 nitrogen and oxygen atoms in total. The number of amides is 1. The smallest absolute Gasteiger partial charge is 0.220 e. The van der Waals surface area contributed by atoms with Gasteiger partial charge in [-0.05, 0) is 38.0 Å². The predicted octanol–water partition coefficient (Wildman–Crippen LogP) is 3.55. The molecule has 3 rings (SSSR count). The van der Waals surface area contributed by atoms with Gasteiger partial charge in [0.1, 0.15) is 11.5 Å². The molecule has 0 aliphatic carbocycles. The fourth-order valence-electron chi connectivity index (χ4n) is 2.92. The zero-order valence-electron chi connectivity index (χ0n) is 14.9. The molecule has 0 spiro atoms. The molecule has 130 valence electrons. The predicted molar refractivity (Wildman–Crippen MR) is 97.0 cm³/mol. The van der Waals surface area contributed by atoms with E-state index in [0.717, 1.165) is 34.0 Å².